The number of hydrogen-bond acceptors (Lipinski definition) is 9. The summed E-state index contributed by atoms with van der Waals surface area (Å²) in [7, 11) is 1.29. The van der Waals surface area contributed by atoms with E-state index in [1.807, 2.05) is 66.7 Å². The predicted octanol–water partition coefficient (Wildman–Crippen LogP) is 7.29. The van der Waals surface area contributed by atoms with E-state index in [1.54, 1.807) is 20.8 Å². The van der Waals surface area contributed by atoms with E-state index in [0.717, 1.165) is 26.6 Å². The number of hydrogen-bond donors (Lipinski definition) is 2. The number of nitrogens with one attached hydrogen (secondary N) is 2. The van der Waals surface area contributed by atoms with Gasteiger partial charge in [-0.2, -0.15) is 0 Å². The molecule has 0 aliphatic heterocycles. The van der Waals surface area contributed by atoms with E-state index in [2.05, 4.69) is 26.6 Å². The Morgan fingerprint density at radius 3 is 2.40 bits per heavy atom. The fourth-order valence-electron chi connectivity index (χ4n) is 3.86. The fraction of sp³-hybridized carbons (Fsp3) is 0.258. The minimum atomic E-state index is -0.657. The summed E-state index contributed by atoms with van der Waals surface area (Å²) in [6.45, 7) is 5.96. The molecule has 4 aromatic rings. The largest absolute Gasteiger partial charge is 0.479 e. The van der Waals surface area contributed by atoms with Crippen LogP contribution in [-0.4, -0.2) is 37.2 Å². The number of ether oxygens (including phenoxy) is 3. The van der Waals surface area contributed by atoms with Crippen molar-refractivity contribution in [2.24, 2.45) is 0 Å². The molecule has 2 heterocycles. The first-order valence-electron chi connectivity index (χ1n) is 13.0. The van der Waals surface area contributed by atoms with Crippen molar-refractivity contribution in [3.05, 3.63) is 91.4 Å². The summed E-state index contributed by atoms with van der Waals surface area (Å²) in [6.07, 6.45) is 0. The van der Waals surface area contributed by atoms with Gasteiger partial charge >= 0.3 is 11.9 Å². The van der Waals surface area contributed by atoms with Gasteiger partial charge in [0.05, 0.1) is 21.3 Å². The van der Waals surface area contributed by atoms with Crippen LogP contribution in [0.1, 0.15) is 50.6 Å². The van der Waals surface area contributed by atoms with Gasteiger partial charge in [0, 0.05) is 23.7 Å². The van der Waals surface area contributed by atoms with Crippen LogP contribution in [0.5, 0.6) is 5.75 Å². The summed E-state index contributed by atoms with van der Waals surface area (Å²) in [5, 5.41) is 6.36. The molecule has 2 aromatic carbocycles. The molecule has 0 saturated carbocycles. The Morgan fingerprint density at radius 1 is 0.929 bits per heavy atom. The van der Waals surface area contributed by atoms with Gasteiger partial charge < -0.3 is 24.8 Å². The van der Waals surface area contributed by atoms with Crippen LogP contribution >= 0.6 is 38.6 Å². The predicted molar refractivity (Wildman–Crippen MR) is 169 cm³/mol. The molecule has 0 unspecified atom stereocenters. The van der Waals surface area contributed by atoms with Crippen molar-refractivity contribution < 1.29 is 28.6 Å². The summed E-state index contributed by atoms with van der Waals surface area (Å²) >= 11 is 6.20. The van der Waals surface area contributed by atoms with Crippen LogP contribution in [0.4, 0.5) is 5.69 Å². The number of carbonyl (C=O) groups excluding carboxylic acids is 3. The molecule has 0 aliphatic rings. The first-order chi connectivity index (χ1) is 20.0. The van der Waals surface area contributed by atoms with Crippen molar-refractivity contribution in [3.63, 3.8) is 0 Å². The summed E-state index contributed by atoms with van der Waals surface area (Å²) in [6, 6.07) is 21.3. The van der Waals surface area contributed by atoms with Gasteiger partial charge in [-0.1, -0.05) is 42.5 Å². The van der Waals surface area contributed by atoms with Gasteiger partial charge in [-0.05, 0) is 72.1 Å². The minimum Gasteiger partial charge on any atom is -0.479 e. The van der Waals surface area contributed by atoms with E-state index in [-0.39, 0.29) is 23.1 Å². The van der Waals surface area contributed by atoms with Gasteiger partial charge in [0.25, 0.3) is 5.91 Å². The quantitative estimate of drug-likeness (QED) is 0.162. The van der Waals surface area contributed by atoms with Crippen molar-refractivity contribution in [1.82, 2.24) is 5.32 Å². The number of benzene rings is 2. The number of halogens is 1. The number of carbonyl (C=O) groups is 3. The van der Waals surface area contributed by atoms with Crippen molar-refractivity contribution in [2.75, 3.05) is 19.0 Å². The first-order valence-corrected chi connectivity index (χ1v) is 15.5. The Morgan fingerprint density at radius 2 is 1.69 bits per heavy atom. The maximum Gasteiger partial charge on any atom is 0.351 e. The number of esters is 2. The molecular formula is C31H31BrN2O6S2. The Hall–Kier alpha value is -3.67. The van der Waals surface area contributed by atoms with E-state index in [9.17, 15) is 14.4 Å². The monoisotopic (exact) mass is 670 g/mol. The molecule has 0 saturated heterocycles. The molecule has 0 atom stereocenters. The Labute approximate surface area is 261 Å². The highest BCUT2D eigenvalue weighted by atomic mass is 79.9. The zero-order valence-electron chi connectivity index (χ0n) is 23.6. The van der Waals surface area contributed by atoms with Crippen LogP contribution < -0.4 is 15.4 Å². The third kappa shape index (κ3) is 8.43. The Balaban J connectivity index is 1.43. The van der Waals surface area contributed by atoms with E-state index >= 15 is 0 Å². The lowest BCUT2D eigenvalue weighted by Crippen LogP contribution is -2.27. The molecule has 8 nitrogen and oxygen atoms in total. The molecule has 0 spiro atoms. The van der Waals surface area contributed by atoms with Gasteiger partial charge in [0.15, 0.2) is 17.2 Å². The molecule has 1 amide bonds. The standard InChI is InChI=1S/C31H31BrN2O6S2/c1-31(2,3)40-24(35)18-39-26-25(32)27(42-28(26)30(37)38-4)20-11-8-12-21(15-20)33-17-22-13-14-23(41-22)29(36)34-16-19-9-6-5-7-10-19/h5-15,33H,16-18H2,1-4H3,(H,34,36). The maximum atomic E-state index is 12.6. The van der Waals surface area contributed by atoms with Crippen molar-refractivity contribution in [3.8, 4) is 16.2 Å². The van der Waals surface area contributed by atoms with E-state index in [0.29, 0.717) is 22.4 Å². The van der Waals surface area contributed by atoms with Crippen molar-refractivity contribution in [2.45, 2.75) is 39.5 Å². The molecule has 220 valence electrons. The first kappa shape index (κ1) is 31.3. The number of methoxy groups -OCH3 is 1. The summed E-state index contributed by atoms with van der Waals surface area (Å²) in [5.41, 5.74) is 2.07. The number of rotatable bonds is 11. The second-order valence-electron chi connectivity index (χ2n) is 10.1. The molecule has 2 N–H and O–H groups in total. The van der Waals surface area contributed by atoms with Gasteiger partial charge in [0.2, 0.25) is 0 Å². The molecule has 2 aromatic heterocycles. The SMILES string of the molecule is COC(=O)c1sc(-c2cccc(NCc3ccc(C(=O)NCc4ccccc4)s3)c2)c(Br)c1OCC(=O)OC(C)(C)C. The number of anilines is 1. The summed E-state index contributed by atoms with van der Waals surface area (Å²) < 4.78 is 16.6. The van der Waals surface area contributed by atoms with Crippen LogP contribution in [0.3, 0.4) is 0 Å². The second kappa shape index (κ2) is 14.0. The van der Waals surface area contributed by atoms with Crippen LogP contribution in [-0.2, 0) is 27.4 Å². The summed E-state index contributed by atoms with van der Waals surface area (Å²) in [5.74, 6) is -0.996. The van der Waals surface area contributed by atoms with E-state index < -0.39 is 17.5 Å². The lowest BCUT2D eigenvalue weighted by Gasteiger charge is -2.19. The third-order valence-electron chi connectivity index (χ3n) is 5.71. The maximum absolute atomic E-state index is 12.6. The van der Waals surface area contributed by atoms with Gasteiger partial charge in [-0.3, -0.25) is 4.79 Å². The molecule has 11 heteroatoms. The molecule has 0 radical (unpaired) electrons. The van der Waals surface area contributed by atoms with E-state index in [1.165, 1.54) is 29.8 Å². The highest BCUT2D eigenvalue weighted by Crippen LogP contribution is 2.46. The van der Waals surface area contributed by atoms with Gasteiger partial charge in [-0.15, -0.1) is 22.7 Å². The smallest absolute Gasteiger partial charge is 0.351 e. The highest BCUT2D eigenvalue weighted by Gasteiger charge is 2.26. The minimum absolute atomic E-state index is 0.106. The zero-order valence-corrected chi connectivity index (χ0v) is 26.8. The molecule has 0 bridgehead atoms. The Kier molecular flexibility index (Phi) is 10.4. The molecular weight excluding hydrogens is 640 g/mol. The van der Waals surface area contributed by atoms with Crippen LogP contribution in [0, 0.1) is 0 Å². The molecule has 4 rings (SSSR count). The van der Waals surface area contributed by atoms with Crippen LogP contribution in [0.15, 0.2) is 71.2 Å². The van der Waals surface area contributed by atoms with E-state index in [4.69, 9.17) is 14.2 Å². The fourth-order valence-corrected chi connectivity index (χ4v) is 6.69. The molecule has 0 fully saturated rings. The topological polar surface area (TPSA) is 103 Å². The highest BCUT2D eigenvalue weighted by molar-refractivity contribution is 9.10. The number of thiophene rings is 2. The normalized spacial score (nSPS) is 11.1. The lowest BCUT2D eigenvalue weighted by molar-refractivity contribution is -0.157. The average Bonchev–Trinajstić information content (AvgIpc) is 3.57. The van der Waals surface area contributed by atoms with Gasteiger partial charge in [0.1, 0.15) is 5.60 Å². The number of amides is 1. The average molecular weight is 672 g/mol. The molecule has 0 aliphatic carbocycles. The summed E-state index contributed by atoms with van der Waals surface area (Å²) in [4.78, 5) is 40.0. The van der Waals surface area contributed by atoms with Crippen LogP contribution in [0.2, 0.25) is 0 Å². The van der Waals surface area contributed by atoms with Gasteiger partial charge in [-0.25, -0.2) is 9.59 Å². The van der Waals surface area contributed by atoms with Crippen LogP contribution in [0.25, 0.3) is 10.4 Å². The zero-order chi connectivity index (χ0) is 30.3. The Bertz CT molecular complexity index is 1560. The third-order valence-corrected chi connectivity index (χ3v) is 9.01. The van der Waals surface area contributed by atoms with Crippen molar-refractivity contribution >= 4 is 62.1 Å². The van der Waals surface area contributed by atoms with Crippen molar-refractivity contribution in [1.29, 1.82) is 0 Å². The molecule has 42 heavy (non-hydrogen) atoms. The second-order valence-corrected chi connectivity index (χ2v) is 13.1. The lowest BCUT2D eigenvalue weighted by atomic mass is 10.1.